The Labute approximate surface area is 143 Å². The van der Waals surface area contributed by atoms with Crippen LogP contribution in [0.4, 0.5) is 11.5 Å². The maximum atomic E-state index is 12.4. The zero-order valence-corrected chi connectivity index (χ0v) is 14.4. The number of nitrogens with two attached hydrogens (primary N) is 1. The Bertz CT molecular complexity index is 640. The molecule has 1 aliphatic carbocycles. The van der Waals surface area contributed by atoms with E-state index in [2.05, 4.69) is 11.8 Å². The van der Waals surface area contributed by atoms with Gasteiger partial charge in [-0.15, -0.1) is 0 Å². The Morgan fingerprint density at radius 1 is 1.29 bits per heavy atom. The quantitative estimate of drug-likeness (QED) is 0.893. The molecule has 2 fully saturated rings. The summed E-state index contributed by atoms with van der Waals surface area (Å²) in [6.45, 7) is 6.96. The summed E-state index contributed by atoms with van der Waals surface area (Å²) in [6.07, 6.45) is 2.39. The zero-order chi connectivity index (χ0) is 16.8. The average Bonchev–Trinajstić information content (AvgIpc) is 3.42. The SMILES string of the molecule is CC(=O)N1c2ccc(N3CCOCC3)nc2[C@H](N)[C@@H](C)C1C1CC1. The minimum atomic E-state index is -0.123. The molecule has 3 aliphatic rings. The number of carbonyl (C=O) groups excluding carboxylic acids is 1. The lowest BCUT2D eigenvalue weighted by Crippen LogP contribution is -2.52. The van der Waals surface area contributed by atoms with Gasteiger partial charge in [0.25, 0.3) is 0 Å². The highest BCUT2D eigenvalue weighted by atomic mass is 16.5. The fraction of sp³-hybridized carbons (Fsp3) is 0.667. The Kier molecular flexibility index (Phi) is 3.96. The summed E-state index contributed by atoms with van der Waals surface area (Å²) < 4.78 is 5.42. The van der Waals surface area contributed by atoms with Crippen LogP contribution in [0.25, 0.3) is 0 Å². The van der Waals surface area contributed by atoms with E-state index in [0.29, 0.717) is 5.92 Å². The minimum absolute atomic E-state index is 0.0906. The summed E-state index contributed by atoms with van der Waals surface area (Å²) in [5, 5.41) is 0. The number of ether oxygens (including phenoxy) is 1. The highest BCUT2D eigenvalue weighted by Gasteiger charge is 2.47. The predicted octanol–water partition coefficient (Wildman–Crippen LogP) is 1.70. The molecular weight excluding hydrogens is 304 g/mol. The molecule has 0 spiro atoms. The fourth-order valence-electron chi connectivity index (χ4n) is 4.19. The lowest BCUT2D eigenvalue weighted by atomic mass is 9.82. The van der Waals surface area contributed by atoms with Gasteiger partial charge in [0.1, 0.15) is 5.82 Å². The Morgan fingerprint density at radius 2 is 2.00 bits per heavy atom. The number of hydrogen-bond acceptors (Lipinski definition) is 5. The van der Waals surface area contributed by atoms with Crippen LogP contribution in [0.1, 0.15) is 38.4 Å². The normalized spacial score (nSPS) is 30.2. The van der Waals surface area contributed by atoms with Crippen LogP contribution in [0.2, 0.25) is 0 Å². The molecule has 1 unspecified atom stereocenters. The molecule has 1 amide bonds. The maximum absolute atomic E-state index is 12.4. The Morgan fingerprint density at radius 3 is 2.62 bits per heavy atom. The molecule has 2 aliphatic heterocycles. The van der Waals surface area contributed by atoms with Gasteiger partial charge in [0, 0.05) is 26.1 Å². The van der Waals surface area contributed by atoms with Gasteiger partial charge in [0.2, 0.25) is 5.91 Å². The van der Waals surface area contributed by atoms with E-state index in [1.54, 1.807) is 6.92 Å². The number of fused-ring (bicyclic) bond motifs is 1. The molecule has 1 aromatic heterocycles. The summed E-state index contributed by atoms with van der Waals surface area (Å²) >= 11 is 0. The van der Waals surface area contributed by atoms with Crippen LogP contribution in [0.5, 0.6) is 0 Å². The number of pyridine rings is 1. The van der Waals surface area contributed by atoms with Gasteiger partial charge < -0.3 is 20.3 Å². The minimum Gasteiger partial charge on any atom is -0.378 e. The lowest BCUT2D eigenvalue weighted by molar-refractivity contribution is -0.117. The first-order chi connectivity index (χ1) is 11.6. The highest BCUT2D eigenvalue weighted by Crippen LogP contribution is 2.48. The van der Waals surface area contributed by atoms with E-state index in [4.69, 9.17) is 15.5 Å². The predicted molar refractivity (Wildman–Crippen MR) is 93.0 cm³/mol. The number of hydrogen-bond donors (Lipinski definition) is 1. The third-order valence-corrected chi connectivity index (χ3v) is 5.65. The van der Waals surface area contributed by atoms with E-state index in [9.17, 15) is 4.79 Å². The average molecular weight is 330 g/mol. The van der Waals surface area contributed by atoms with Crippen molar-refractivity contribution in [3.05, 3.63) is 17.8 Å². The standard InChI is InChI=1S/C18H26N4O2/c1-11-16(19)17-14(22(12(2)23)18(11)13-3-4-13)5-6-15(20-17)21-7-9-24-10-8-21/h5-6,11,13,16,18H,3-4,7-10,19H2,1-2H3/t11-,16-,18?/m1/s1. The highest BCUT2D eigenvalue weighted by molar-refractivity contribution is 5.93. The summed E-state index contributed by atoms with van der Waals surface area (Å²) in [6, 6.07) is 4.14. The molecule has 24 heavy (non-hydrogen) atoms. The van der Waals surface area contributed by atoms with Crippen LogP contribution < -0.4 is 15.5 Å². The second-order valence-corrected chi connectivity index (χ2v) is 7.28. The van der Waals surface area contributed by atoms with Crippen LogP contribution in [-0.4, -0.2) is 43.2 Å². The van der Waals surface area contributed by atoms with E-state index in [1.807, 2.05) is 17.0 Å². The smallest absolute Gasteiger partial charge is 0.224 e. The second-order valence-electron chi connectivity index (χ2n) is 7.28. The van der Waals surface area contributed by atoms with E-state index >= 15 is 0 Å². The molecule has 4 rings (SSSR count). The van der Waals surface area contributed by atoms with Crippen LogP contribution in [0, 0.1) is 11.8 Å². The van der Waals surface area contributed by atoms with Crippen molar-refractivity contribution in [2.75, 3.05) is 36.1 Å². The number of morpholine rings is 1. The van der Waals surface area contributed by atoms with Gasteiger partial charge >= 0.3 is 0 Å². The van der Waals surface area contributed by atoms with Crippen molar-refractivity contribution in [3.63, 3.8) is 0 Å². The molecule has 6 heteroatoms. The Balaban J connectivity index is 1.73. The summed E-state index contributed by atoms with van der Waals surface area (Å²) in [4.78, 5) is 21.4. The van der Waals surface area contributed by atoms with E-state index in [0.717, 1.165) is 43.5 Å². The third kappa shape index (κ3) is 2.58. The molecule has 2 N–H and O–H groups in total. The number of carbonyl (C=O) groups is 1. The summed E-state index contributed by atoms with van der Waals surface area (Å²) in [5.74, 6) is 1.84. The molecule has 1 aromatic rings. The molecule has 0 radical (unpaired) electrons. The number of anilines is 2. The first-order valence-electron chi connectivity index (χ1n) is 8.97. The fourth-order valence-corrected chi connectivity index (χ4v) is 4.19. The summed E-state index contributed by atoms with van der Waals surface area (Å²) in [7, 11) is 0. The van der Waals surface area contributed by atoms with Gasteiger partial charge in [-0.25, -0.2) is 4.98 Å². The van der Waals surface area contributed by atoms with Gasteiger partial charge in [-0.05, 0) is 36.8 Å². The molecule has 3 atom stereocenters. The Hall–Kier alpha value is -1.66. The van der Waals surface area contributed by atoms with Crippen molar-refractivity contribution >= 4 is 17.4 Å². The molecule has 0 aromatic carbocycles. The number of rotatable bonds is 2. The van der Waals surface area contributed by atoms with Gasteiger partial charge in [-0.2, -0.15) is 0 Å². The van der Waals surface area contributed by atoms with Crippen molar-refractivity contribution in [3.8, 4) is 0 Å². The van der Waals surface area contributed by atoms with Crippen molar-refractivity contribution in [2.24, 2.45) is 17.6 Å². The molecule has 3 heterocycles. The van der Waals surface area contributed by atoms with Crippen molar-refractivity contribution < 1.29 is 9.53 Å². The monoisotopic (exact) mass is 330 g/mol. The van der Waals surface area contributed by atoms with Crippen molar-refractivity contribution in [1.29, 1.82) is 0 Å². The maximum Gasteiger partial charge on any atom is 0.224 e. The third-order valence-electron chi connectivity index (χ3n) is 5.65. The lowest BCUT2D eigenvalue weighted by Gasteiger charge is -2.44. The van der Waals surface area contributed by atoms with Gasteiger partial charge in [0.05, 0.1) is 30.6 Å². The second kappa shape index (κ2) is 6.01. The molecular formula is C18H26N4O2. The molecule has 1 saturated carbocycles. The first kappa shape index (κ1) is 15.8. The van der Waals surface area contributed by atoms with Crippen LogP contribution in [0.3, 0.4) is 0 Å². The van der Waals surface area contributed by atoms with E-state index < -0.39 is 0 Å². The van der Waals surface area contributed by atoms with Crippen LogP contribution >= 0.6 is 0 Å². The summed E-state index contributed by atoms with van der Waals surface area (Å²) in [5.41, 5.74) is 8.33. The molecule has 6 nitrogen and oxygen atoms in total. The van der Waals surface area contributed by atoms with E-state index in [1.165, 1.54) is 12.8 Å². The van der Waals surface area contributed by atoms with Gasteiger partial charge in [0.15, 0.2) is 0 Å². The van der Waals surface area contributed by atoms with Crippen molar-refractivity contribution in [1.82, 2.24) is 4.98 Å². The topological polar surface area (TPSA) is 71.7 Å². The molecule has 1 saturated heterocycles. The largest absolute Gasteiger partial charge is 0.378 e. The van der Waals surface area contributed by atoms with Crippen molar-refractivity contribution in [2.45, 2.75) is 38.8 Å². The van der Waals surface area contributed by atoms with E-state index in [-0.39, 0.29) is 23.9 Å². The molecule has 130 valence electrons. The first-order valence-corrected chi connectivity index (χ1v) is 8.97. The number of nitrogens with zero attached hydrogens (tertiary/aromatic N) is 3. The zero-order valence-electron chi connectivity index (χ0n) is 14.4. The van der Waals surface area contributed by atoms with Gasteiger partial charge in [-0.3, -0.25) is 4.79 Å². The number of amides is 1. The number of aromatic nitrogens is 1. The van der Waals surface area contributed by atoms with Crippen LogP contribution in [-0.2, 0) is 9.53 Å². The molecule has 0 bridgehead atoms. The van der Waals surface area contributed by atoms with Gasteiger partial charge in [-0.1, -0.05) is 6.92 Å². The van der Waals surface area contributed by atoms with Crippen LogP contribution in [0.15, 0.2) is 12.1 Å².